The number of aliphatic hydroxyl groups is 5. The summed E-state index contributed by atoms with van der Waals surface area (Å²) < 4.78 is 33.4. The molecule has 8 atom stereocenters. The number of hydrogen-bond donors (Lipinski definition) is 6. The van der Waals surface area contributed by atoms with Gasteiger partial charge in [-0.2, -0.15) is 0 Å². The molecule has 0 saturated heterocycles. The maximum Gasteiger partial charge on any atom is 0.472 e. The molecule has 1 saturated carbocycles. The summed E-state index contributed by atoms with van der Waals surface area (Å²) >= 11 is 0. The van der Waals surface area contributed by atoms with Crippen LogP contribution in [0.4, 0.5) is 0 Å². The number of esters is 2. The highest BCUT2D eigenvalue weighted by molar-refractivity contribution is 7.47. The minimum atomic E-state index is -5.11. The summed E-state index contributed by atoms with van der Waals surface area (Å²) in [5, 5.41) is 50.0. The van der Waals surface area contributed by atoms with E-state index >= 15 is 0 Å². The molecule has 0 heterocycles. The van der Waals surface area contributed by atoms with Crippen LogP contribution in [0, 0.1) is 0 Å². The lowest BCUT2D eigenvalue weighted by Crippen LogP contribution is -2.64. The van der Waals surface area contributed by atoms with E-state index in [0.717, 1.165) is 38.5 Å². The first-order valence-corrected chi connectivity index (χ1v) is 25.5. The molecule has 0 radical (unpaired) electrons. The van der Waals surface area contributed by atoms with Crippen molar-refractivity contribution in [2.75, 3.05) is 13.2 Å². The predicted molar refractivity (Wildman–Crippen MR) is 235 cm³/mol. The highest BCUT2D eigenvalue weighted by Crippen LogP contribution is 2.47. The second-order valence-electron chi connectivity index (χ2n) is 17.0. The number of carbonyl (C=O) groups excluding carboxylic acids is 2. The zero-order chi connectivity index (χ0) is 44.3. The maximum absolute atomic E-state index is 12.8. The fourth-order valence-electron chi connectivity index (χ4n) is 7.47. The summed E-state index contributed by atoms with van der Waals surface area (Å²) in [6.45, 7) is 3.24. The topological polar surface area (TPSA) is 210 Å². The molecule has 1 fully saturated rings. The zero-order valence-electron chi connectivity index (χ0n) is 37.5. The van der Waals surface area contributed by atoms with E-state index in [2.05, 4.69) is 26.0 Å². The SMILES string of the molecule is CCCCCCCCCCCCCCCCCCCC/C=C/CCCC(=O)OC[C@@H](COP(=O)(O)OC1C(O)C(O)C(O)[C@H](O)C1O)OC(=O)CCCCCCCCCC. The van der Waals surface area contributed by atoms with E-state index in [0.29, 0.717) is 19.3 Å². The van der Waals surface area contributed by atoms with Crippen molar-refractivity contribution in [1.29, 1.82) is 0 Å². The van der Waals surface area contributed by atoms with E-state index < -0.39 is 75.7 Å². The van der Waals surface area contributed by atoms with Crippen LogP contribution >= 0.6 is 7.82 Å². The minimum absolute atomic E-state index is 0.0943. The lowest BCUT2D eigenvalue weighted by atomic mass is 9.85. The van der Waals surface area contributed by atoms with Gasteiger partial charge in [-0.1, -0.05) is 180 Å². The van der Waals surface area contributed by atoms with Gasteiger partial charge in [-0.05, 0) is 32.1 Å². The lowest BCUT2D eigenvalue weighted by Gasteiger charge is -2.41. The quantitative estimate of drug-likeness (QED) is 0.0147. The number of unbranched alkanes of at least 4 members (excludes halogenated alkanes) is 26. The van der Waals surface area contributed by atoms with E-state index in [9.17, 15) is 44.6 Å². The number of allylic oxidation sites excluding steroid dienone is 2. The van der Waals surface area contributed by atoms with Gasteiger partial charge in [-0.3, -0.25) is 18.6 Å². The summed E-state index contributed by atoms with van der Waals surface area (Å²) in [6.07, 6.45) is 26.1. The molecule has 60 heavy (non-hydrogen) atoms. The van der Waals surface area contributed by atoms with E-state index in [4.69, 9.17) is 18.5 Å². The fraction of sp³-hybridized carbons (Fsp3) is 0.913. The summed E-state index contributed by atoms with van der Waals surface area (Å²) in [6, 6.07) is 0. The monoisotopic (exact) mass is 879 g/mol. The molecule has 0 amide bonds. The second-order valence-corrected chi connectivity index (χ2v) is 18.4. The van der Waals surface area contributed by atoms with Crippen LogP contribution < -0.4 is 0 Å². The molecular formula is C46H87O13P. The van der Waals surface area contributed by atoms with Crippen LogP contribution in [0.1, 0.15) is 213 Å². The van der Waals surface area contributed by atoms with Gasteiger partial charge >= 0.3 is 19.8 Å². The van der Waals surface area contributed by atoms with Crippen LogP contribution in [0.25, 0.3) is 0 Å². The third kappa shape index (κ3) is 29.0. The van der Waals surface area contributed by atoms with Gasteiger partial charge in [0.15, 0.2) is 6.10 Å². The molecular weight excluding hydrogens is 791 g/mol. The summed E-state index contributed by atoms with van der Waals surface area (Å²) in [5.41, 5.74) is 0. The van der Waals surface area contributed by atoms with Crippen LogP contribution in [0.3, 0.4) is 0 Å². The summed E-state index contributed by atoms with van der Waals surface area (Å²) in [4.78, 5) is 35.5. The molecule has 0 aromatic heterocycles. The largest absolute Gasteiger partial charge is 0.472 e. The molecule has 0 aromatic rings. The van der Waals surface area contributed by atoms with Gasteiger partial charge in [0.1, 0.15) is 43.2 Å². The van der Waals surface area contributed by atoms with Crippen LogP contribution in [-0.2, 0) is 32.7 Å². The Balaban J connectivity index is 2.32. The van der Waals surface area contributed by atoms with Gasteiger partial charge in [0.25, 0.3) is 0 Å². The Morgan fingerprint density at radius 3 is 1.32 bits per heavy atom. The second kappa shape index (κ2) is 37.0. The Labute approximate surface area is 363 Å². The molecule has 1 aliphatic carbocycles. The van der Waals surface area contributed by atoms with Crippen molar-refractivity contribution in [1.82, 2.24) is 0 Å². The highest BCUT2D eigenvalue weighted by Gasteiger charge is 2.51. The van der Waals surface area contributed by atoms with E-state index in [-0.39, 0.29) is 12.8 Å². The van der Waals surface area contributed by atoms with Gasteiger partial charge in [-0.15, -0.1) is 0 Å². The molecule has 6 unspecified atom stereocenters. The van der Waals surface area contributed by atoms with Crippen molar-refractivity contribution in [2.45, 2.75) is 256 Å². The van der Waals surface area contributed by atoms with Crippen molar-refractivity contribution in [3.05, 3.63) is 12.2 Å². The zero-order valence-corrected chi connectivity index (χ0v) is 38.4. The molecule has 1 aliphatic rings. The number of rotatable bonds is 40. The first-order chi connectivity index (χ1) is 28.9. The molecule has 0 bridgehead atoms. The Morgan fingerprint density at radius 2 is 0.867 bits per heavy atom. The number of aliphatic hydroxyl groups excluding tert-OH is 5. The van der Waals surface area contributed by atoms with Crippen LogP contribution in [-0.4, -0.2) is 98.3 Å². The van der Waals surface area contributed by atoms with Crippen molar-refractivity contribution >= 4 is 19.8 Å². The fourth-order valence-corrected chi connectivity index (χ4v) is 8.44. The molecule has 0 aliphatic heterocycles. The first-order valence-electron chi connectivity index (χ1n) is 24.0. The van der Waals surface area contributed by atoms with Crippen molar-refractivity contribution < 1.29 is 63.1 Å². The molecule has 0 aromatic carbocycles. The highest BCUT2D eigenvalue weighted by atomic mass is 31.2. The van der Waals surface area contributed by atoms with Crippen LogP contribution in [0.15, 0.2) is 12.2 Å². The van der Waals surface area contributed by atoms with Crippen molar-refractivity contribution in [3.8, 4) is 0 Å². The number of carbonyl (C=O) groups is 2. The van der Waals surface area contributed by atoms with Gasteiger partial charge in [0.05, 0.1) is 6.61 Å². The Kier molecular flexibility index (Phi) is 34.9. The predicted octanol–water partition coefficient (Wildman–Crippen LogP) is 9.45. The number of ether oxygens (including phenoxy) is 2. The number of hydrogen-bond acceptors (Lipinski definition) is 12. The minimum Gasteiger partial charge on any atom is -0.462 e. The Morgan fingerprint density at radius 1 is 0.500 bits per heavy atom. The van der Waals surface area contributed by atoms with Gasteiger partial charge in [0.2, 0.25) is 0 Å². The molecule has 14 heteroatoms. The third-order valence-electron chi connectivity index (χ3n) is 11.4. The normalized spacial score (nSPS) is 22.2. The Hall–Kier alpha value is -1.41. The third-order valence-corrected chi connectivity index (χ3v) is 12.3. The summed E-state index contributed by atoms with van der Waals surface area (Å²) in [7, 11) is -5.11. The average molecular weight is 879 g/mol. The molecule has 354 valence electrons. The molecule has 6 N–H and O–H groups in total. The van der Waals surface area contributed by atoms with Crippen LogP contribution in [0.2, 0.25) is 0 Å². The first kappa shape index (κ1) is 56.6. The smallest absolute Gasteiger partial charge is 0.462 e. The molecule has 1 rings (SSSR count). The number of phosphoric acid groups is 1. The molecule has 13 nitrogen and oxygen atoms in total. The lowest BCUT2D eigenvalue weighted by molar-refractivity contribution is -0.220. The maximum atomic E-state index is 12.8. The van der Waals surface area contributed by atoms with E-state index in [1.165, 1.54) is 128 Å². The van der Waals surface area contributed by atoms with E-state index in [1.807, 2.05) is 0 Å². The van der Waals surface area contributed by atoms with Gasteiger partial charge in [0, 0.05) is 12.8 Å². The van der Waals surface area contributed by atoms with Crippen molar-refractivity contribution in [2.24, 2.45) is 0 Å². The van der Waals surface area contributed by atoms with Gasteiger partial charge < -0.3 is 39.9 Å². The van der Waals surface area contributed by atoms with Crippen molar-refractivity contribution in [3.63, 3.8) is 0 Å². The van der Waals surface area contributed by atoms with E-state index in [1.54, 1.807) is 0 Å². The summed E-state index contributed by atoms with van der Waals surface area (Å²) in [5.74, 6) is -1.13. The number of phosphoric ester groups is 1. The van der Waals surface area contributed by atoms with Crippen LogP contribution in [0.5, 0.6) is 0 Å². The standard InChI is InChI=1S/C46H87O13P/c1-3-5-7-9-11-13-14-15-16-17-18-19-20-21-22-23-24-25-26-27-29-30-32-34-39(47)56-36-38(58-40(48)35-33-31-28-12-10-8-6-4-2)37-57-60(54,55)59-46-44(52)42(50)41(49)43(51)45(46)53/h27,29,38,41-46,49-53H,3-26,28,30-37H2,1-2H3,(H,54,55)/b29-27+/t38-,41?,42-,43?,44?,45?,46?/m0/s1. The van der Waals surface area contributed by atoms with Gasteiger partial charge in [-0.25, -0.2) is 4.57 Å². The Bertz CT molecular complexity index is 1110. The average Bonchev–Trinajstić information content (AvgIpc) is 3.23. The molecule has 0 spiro atoms.